The third-order valence-corrected chi connectivity index (χ3v) is 12.2. The number of amides is 6. The number of benzene rings is 2. The number of ether oxygens (including phenoxy) is 2. The van der Waals surface area contributed by atoms with Crippen molar-refractivity contribution in [1.82, 2.24) is 40.4 Å². The molecule has 8 rings (SSSR count). The van der Waals surface area contributed by atoms with Crippen molar-refractivity contribution in [3.63, 3.8) is 0 Å². The molecule has 0 radical (unpaired) electrons. The zero-order valence-corrected chi connectivity index (χ0v) is 37.1. The molecule has 18 nitrogen and oxygen atoms in total. The molecule has 4 aliphatic rings. The van der Waals surface area contributed by atoms with Crippen LogP contribution in [-0.2, 0) is 38.3 Å². The number of nitrogens with one attached hydrogen (secondary N) is 3. The summed E-state index contributed by atoms with van der Waals surface area (Å²) in [4.78, 5) is 88.9. The van der Waals surface area contributed by atoms with Gasteiger partial charge < -0.3 is 20.1 Å². The maximum Gasteiger partial charge on any atom is 0.416 e. The first-order valence-electron chi connectivity index (χ1n) is 22.4. The van der Waals surface area contributed by atoms with Gasteiger partial charge >= 0.3 is 6.18 Å². The molecule has 6 amide bonds. The second-order valence-electron chi connectivity index (χ2n) is 16.9. The number of unbranched alkanes of at least 4 members (excludes halogenated alkanes) is 2. The third kappa shape index (κ3) is 10.7. The van der Waals surface area contributed by atoms with E-state index in [2.05, 4.69) is 36.2 Å². The van der Waals surface area contributed by atoms with Gasteiger partial charge in [-0.05, 0) is 86.6 Å². The summed E-state index contributed by atoms with van der Waals surface area (Å²) in [5.41, 5.74) is 1.21. The minimum absolute atomic E-state index is 0.00559. The average molecular weight is 939 g/mol. The lowest BCUT2D eigenvalue weighted by atomic mass is 9.90. The van der Waals surface area contributed by atoms with E-state index >= 15 is 0 Å². The Morgan fingerprint density at radius 2 is 1.79 bits per heavy atom. The average Bonchev–Trinajstić information content (AvgIpc) is 3.89. The Morgan fingerprint density at radius 1 is 0.985 bits per heavy atom. The van der Waals surface area contributed by atoms with Crippen molar-refractivity contribution in [2.24, 2.45) is 4.99 Å². The van der Waals surface area contributed by atoms with Crippen molar-refractivity contribution in [3.05, 3.63) is 106 Å². The lowest BCUT2D eigenvalue weighted by molar-refractivity contribution is -0.138. The van der Waals surface area contributed by atoms with Crippen LogP contribution in [0.25, 0.3) is 5.57 Å². The summed E-state index contributed by atoms with van der Waals surface area (Å²) in [7, 11) is 0. The van der Waals surface area contributed by atoms with Crippen LogP contribution in [0.2, 0.25) is 0 Å². The predicted molar refractivity (Wildman–Crippen MR) is 238 cm³/mol. The zero-order chi connectivity index (χ0) is 48.0. The van der Waals surface area contributed by atoms with Gasteiger partial charge in [0, 0.05) is 74.8 Å². The fraction of sp³-hybridized carbons (Fsp3) is 0.404. The number of hydrogen-bond acceptors (Lipinski definition) is 13. The number of imide groups is 2. The van der Waals surface area contributed by atoms with Crippen molar-refractivity contribution in [3.8, 4) is 5.88 Å². The second-order valence-corrected chi connectivity index (χ2v) is 16.9. The van der Waals surface area contributed by atoms with Crippen LogP contribution in [0.1, 0.15) is 106 Å². The highest BCUT2D eigenvalue weighted by molar-refractivity contribution is 6.26. The van der Waals surface area contributed by atoms with Crippen LogP contribution in [-0.4, -0.2) is 116 Å². The number of nitrogens with zero attached hydrogens (tertiary/aromatic N) is 7. The van der Waals surface area contributed by atoms with Gasteiger partial charge in [0.25, 0.3) is 17.7 Å². The summed E-state index contributed by atoms with van der Waals surface area (Å²) < 4.78 is 53.7. The van der Waals surface area contributed by atoms with Crippen LogP contribution in [0.3, 0.4) is 0 Å². The maximum absolute atomic E-state index is 13.5. The van der Waals surface area contributed by atoms with Gasteiger partial charge in [0.05, 0.1) is 47.9 Å². The van der Waals surface area contributed by atoms with E-state index in [-0.39, 0.29) is 54.0 Å². The number of morpholine rings is 1. The number of aliphatic imine (C=N–C) groups is 1. The molecule has 356 valence electrons. The minimum Gasteiger partial charge on any atom is -0.478 e. The van der Waals surface area contributed by atoms with Gasteiger partial charge in [0.15, 0.2) is 0 Å². The van der Waals surface area contributed by atoms with E-state index in [0.29, 0.717) is 76.7 Å². The fourth-order valence-corrected chi connectivity index (χ4v) is 8.66. The quantitative estimate of drug-likeness (QED) is 0.0945. The van der Waals surface area contributed by atoms with E-state index in [4.69, 9.17) is 9.47 Å². The smallest absolute Gasteiger partial charge is 0.416 e. The van der Waals surface area contributed by atoms with Gasteiger partial charge in [0.1, 0.15) is 11.7 Å². The van der Waals surface area contributed by atoms with Crippen LogP contribution < -0.4 is 20.7 Å². The standard InChI is InChI=1S/C47H49F3N10O8/c1-29-35(25-46(28-52-29,58-19-22-67-23-20-58)55-42(63)30-8-5-9-32(24-30)47(48,49)50)31-14-17-40(51-26-31)68-21-7-10-33-27-59(57-56-33)18-4-2-3-13-38(61)53-36-12-6-11-34-41(36)45(66)60(44(34)65)37-15-16-39(62)54-43(37)64/h5-6,8-9,11-12,14,17,24,26-28,37H,2-4,7,10,13,15-16,18-23,25H2,1H3,(H,53,61)(H,55,63)(H,54,62,64). The molecule has 0 spiro atoms. The minimum atomic E-state index is -4.60. The summed E-state index contributed by atoms with van der Waals surface area (Å²) in [6.45, 7) is 4.59. The number of carbonyl (C=O) groups is 6. The number of aryl methyl sites for hydroxylation is 2. The van der Waals surface area contributed by atoms with E-state index in [9.17, 15) is 41.9 Å². The monoisotopic (exact) mass is 938 g/mol. The molecule has 21 heteroatoms. The highest BCUT2D eigenvalue weighted by Crippen LogP contribution is 2.36. The molecule has 4 aromatic rings. The van der Waals surface area contributed by atoms with Gasteiger partial charge in [-0.3, -0.25) is 53.6 Å². The fourth-order valence-electron chi connectivity index (χ4n) is 8.66. The SMILES string of the molecule is CC1=C(c2ccc(OCCCc3cn(CCCCCC(=O)Nc4cccc5c4C(=O)N(C4CCC(=O)NC4=O)C5=O)nn3)nc2)CC(NC(=O)c2cccc(C(F)(F)F)c2)(N2CCOCC2)C=N1. The summed E-state index contributed by atoms with van der Waals surface area (Å²) in [6.07, 6.45) is 4.37. The molecule has 0 bridgehead atoms. The number of carbonyl (C=O) groups excluding carboxylic acids is 6. The van der Waals surface area contributed by atoms with E-state index in [1.54, 1.807) is 29.2 Å². The molecule has 6 heterocycles. The number of fused-ring (bicyclic) bond motifs is 1. The maximum atomic E-state index is 13.5. The Balaban J connectivity index is 0.767. The number of alkyl halides is 3. The molecule has 2 aromatic carbocycles. The van der Waals surface area contributed by atoms with E-state index in [1.807, 2.05) is 24.1 Å². The number of pyridine rings is 1. The predicted octanol–water partition coefficient (Wildman–Crippen LogP) is 4.97. The largest absolute Gasteiger partial charge is 0.478 e. The highest BCUT2D eigenvalue weighted by atomic mass is 19.4. The molecule has 68 heavy (non-hydrogen) atoms. The zero-order valence-electron chi connectivity index (χ0n) is 37.1. The number of aromatic nitrogens is 4. The molecule has 2 fully saturated rings. The van der Waals surface area contributed by atoms with Gasteiger partial charge in [0.2, 0.25) is 23.6 Å². The van der Waals surface area contributed by atoms with Crippen LogP contribution >= 0.6 is 0 Å². The van der Waals surface area contributed by atoms with Gasteiger partial charge in [-0.25, -0.2) is 4.98 Å². The molecule has 4 aliphatic heterocycles. The van der Waals surface area contributed by atoms with Gasteiger partial charge in [-0.2, -0.15) is 13.2 Å². The Kier molecular flexibility index (Phi) is 14.2. The summed E-state index contributed by atoms with van der Waals surface area (Å²) >= 11 is 0. The number of allylic oxidation sites excluding steroid dienone is 1. The van der Waals surface area contributed by atoms with Crippen LogP contribution in [0.4, 0.5) is 18.9 Å². The van der Waals surface area contributed by atoms with Crippen LogP contribution in [0.5, 0.6) is 5.88 Å². The molecule has 2 unspecified atom stereocenters. The van der Waals surface area contributed by atoms with Crippen LogP contribution in [0, 0.1) is 0 Å². The number of anilines is 1. The Labute approximate surface area is 388 Å². The number of hydrogen-bond donors (Lipinski definition) is 3. The molecule has 2 saturated heterocycles. The van der Waals surface area contributed by atoms with E-state index in [1.165, 1.54) is 24.3 Å². The molecule has 3 N–H and O–H groups in total. The van der Waals surface area contributed by atoms with E-state index in [0.717, 1.165) is 40.3 Å². The van der Waals surface area contributed by atoms with Crippen molar-refractivity contribution in [2.75, 3.05) is 38.2 Å². The Morgan fingerprint density at radius 3 is 2.56 bits per heavy atom. The third-order valence-electron chi connectivity index (χ3n) is 12.2. The second kappa shape index (κ2) is 20.4. The lowest BCUT2D eigenvalue weighted by Crippen LogP contribution is -2.65. The Bertz CT molecular complexity index is 2660. The number of halogens is 3. The lowest BCUT2D eigenvalue weighted by Gasteiger charge is -2.45. The van der Waals surface area contributed by atoms with Crippen molar-refractivity contribution in [2.45, 2.75) is 89.1 Å². The summed E-state index contributed by atoms with van der Waals surface area (Å²) in [6, 6.07) is 11.4. The molecular formula is C47H49F3N10O8. The summed E-state index contributed by atoms with van der Waals surface area (Å²) in [5.74, 6) is -3.08. The molecule has 0 aliphatic carbocycles. The van der Waals surface area contributed by atoms with Crippen LogP contribution in [0.15, 0.2) is 77.7 Å². The van der Waals surface area contributed by atoms with Crippen molar-refractivity contribution in [1.29, 1.82) is 0 Å². The summed E-state index contributed by atoms with van der Waals surface area (Å²) in [5, 5.41) is 16.4. The molecule has 0 saturated carbocycles. The Hall–Kier alpha value is -7.13. The molecule has 2 atom stereocenters. The van der Waals surface area contributed by atoms with Crippen molar-refractivity contribution >= 4 is 52.9 Å². The molecule has 2 aromatic heterocycles. The first-order valence-corrected chi connectivity index (χ1v) is 22.4. The van der Waals surface area contributed by atoms with Crippen molar-refractivity contribution < 1.29 is 51.4 Å². The van der Waals surface area contributed by atoms with Gasteiger partial charge in [-0.1, -0.05) is 23.8 Å². The van der Waals surface area contributed by atoms with Gasteiger partial charge in [-0.15, -0.1) is 5.10 Å². The highest BCUT2D eigenvalue weighted by Gasteiger charge is 2.46. The number of piperidine rings is 1. The van der Waals surface area contributed by atoms with E-state index < -0.39 is 53.0 Å². The topological polar surface area (TPSA) is 219 Å². The first kappa shape index (κ1) is 47.4. The normalized spacial score (nSPS) is 19.8. The number of rotatable bonds is 17. The first-order chi connectivity index (χ1) is 32.7. The molecular weight excluding hydrogens is 890 g/mol.